The van der Waals surface area contributed by atoms with Crippen molar-refractivity contribution >= 4 is 0 Å². The fourth-order valence-electron chi connectivity index (χ4n) is 1.47. The van der Waals surface area contributed by atoms with Gasteiger partial charge in [0, 0.05) is 6.20 Å². The molecular weight excluding hydrogens is 233 g/mol. The summed E-state index contributed by atoms with van der Waals surface area (Å²) in [5.41, 5.74) is 0.288. The van der Waals surface area contributed by atoms with Gasteiger partial charge in [-0.3, -0.25) is 0 Å². The lowest BCUT2D eigenvalue weighted by Gasteiger charge is -2.09. The van der Waals surface area contributed by atoms with Crippen LogP contribution >= 0.6 is 0 Å². The van der Waals surface area contributed by atoms with Gasteiger partial charge in [0.05, 0.1) is 23.6 Å². The summed E-state index contributed by atoms with van der Waals surface area (Å²) in [6, 6.07) is 6.19. The maximum atomic E-state index is 12.3. The summed E-state index contributed by atoms with van der Waals surface area (Å²) in [7, 11) is 0. The van der Waals surface area contributed by atoms with Crippen LogP contribution in [-0.2, 0) is 12.8 Å². The summed E-state index contributed by atoms with van der Waals surface area (Å²) in [4.78, 5) is 0. The molecule has 1 heterocycles. The monoisotopic (exact) mass is 242 g/mol. The Morgan fingerprint density at radius 2 is 1.76 bits per heavy atom. The third kappa shape index (κ3) is 2.31. The Bertz CT molecular complexity index is 502. The van der Waals surface area contributed by atoms with Gasteiger partial charge < -0.3 is 5.11 Å². The lowest BCUT2D eigenvalue weighted by molar-refractivity contribution is -0.137. The molecule has 90 valence electrons. The van der Waals surface area contributed by atoms with Gasteiger partial charge in [-0.1, -0.05) is 0 Å². The van der Waals surface area contributed by atoms with Crippen LogP contribution in [0.25, 0.3) is 5.69 Å². The Kier molecular flexibility index (Phi) is 2.89. The van der Waals surface area contributed by atoms with Crippen LogP contribution in [0, 0.1) is 0 Å². The molecule has 17 heavy (non-hydrogen) atoms. The Labute approximate surface area is 95.1 Å². The van der Waals surface area contributed by atoms with E-state index in [-0.39, 0.29) is 6.61 Å². The molecule has 0 fully saturated rings. The molecule has 0 radical (unpaired) electrons. The third-order valence-electron chi connectivity index (χ3n) is 2.32. The van der Waals surface area contributed by atoms with E-state index < -0.39 is 11.7 Å². The minimum Gasteiger partial charge on any atom is -0.390 e. The van der Waals surface area contributed by atoms with Crippen LogP contribution in [0.5, 0.6) is 0 Å². The molecule has 0 spiro atoms. The first-order valence-electron chi connectivity index (χ1n) is 4.84. The molecule has 1 N–H and O–H groups in total. The molecule has 0 saturated carbocycles. The number of halogens is 3. The van der Waals surface area contributed by atoms with E-state index in [1.807, 2.05) is 0 Å². The van der Waals surface area contributed by atoms with Crippen molar-refractivity contribution in [2.75, 3.05) is 0 Å². The van der Waals surface area contributed by atoms with E-state index in [4.69, 9.17) is 5.11 Å². The average molecular weight is 242 g/mol. The van der Waals surface area contributed by atoms with Crippen LogP contribution in [0.2, 0.25) is 0 Å². The second-order valence-corrected chi connectivity index (χ2v) is 3.44. The minimum atomic E-state index is -4.34. The summed E-state index contributed by atoms with van der Waals surface area (Å²) in [6.45, 7) is -0.221. The second kappa shape index (κ2) is 4.21. The summed E-state index contributed by atoms with van der Waals surface area (Å²) in [5.74, 6) is 0. The van der Waals surface area contributed by atoms with E-state index in [1.165, 1.54) is 23.0 Å². The number of aliphatic hydroxyl groups is 1. The molecule has 2 rings (SSSR count). The quantitative estimate of drug-likeness (QED) is 0.878. The van der Waals surface area contributed by atoms with E-state index in [2.05, 4.69) is 5.10 Å². The molecule has 3 nitrogen and oxygen atoms in total. The molecule has 0 aliphatic heterocycles. The van der Waals surface area contributed by atoms with E-state index in [0.29, 0.717) is 11.4 Å². The lowest BCUT2D eigenvalue weighted by atomic mass is 10.2. The first-order valence-corrected chi connectivity index (χ1v) is 4.84. The first kappa shape index (κ1) is 11.7. The van der Waals surface area contributed by atoms with Crippen molar-refractivity contribution in [2.24, 2.45) is 0 Å². The number of aromatic nitrogens is 2. The van der Waals surface area contributed by atoms with Gasteiger partial charge in [-0.15, -0.1) is 0 Å². The van der Waals surface area contributed by atoms with Gasteiger partial charge in [-0.05, 0) is 30.3 Å². The van der Waals surface area contributed by atoms with Crippen LogP contribution < -0.4 is 0 Å². The second-order valence-electron chi connectivity index (χ2n) is 3.44. The van der Waals surface area contributed by atoms with E-state index in [0.717, 1.165) is 12.1 Å². The minimum absolute atomic E-state index is 0.221. The summed E-state index contributed by atoms with van der Waals surface area (Å²) >= 11 is 0. The van der Waals surface area contributed by atoms with E-state index in [9.17, 15) is 13.2 Å². The smallest absolute Gasteiger partial charge is 0.390 e. The zero-order valence-corrected chi connectivity index (χ0v) is 8.65. The van der Waals surface area contributed by atoms with Crippen molar-refractivity contribution in [3.63, 3.8) is 0 Å². The van der Waals surface area contributed by atoms with Crippen molar-refractivity contribution < 1.29 is 18.3 Å². The Morgan fingerprint density at radius 3 is 2.29 bits per heavy atom. The molecule has 0 amide bonds. The standard InChI is InChI=1S/C11H9F3N2O/c12-11(13,14)8-1-3-9(4-2-8)16-10(7-17)5-6-15-16/h1-6,17H,7H2. The first-order chi connectivity index (χ1) is 8.02. The number of nitrogens with zero attached hydrogens (tertiary/aromatic N) is 2. The Morgan fingerprint density at radius 1 is 1.12 bits per heavy atom. The molecule has 1 aromatic heterocycles. The molecule has 1 aromatic carbocycles. The number of alkyl halides is 3. The molecule has 0 bridgehead atoms. The Hall–Kier alpha value is -1.82. The number of benzene rings is 1. The molecular formula is C11H9F3N2O. The highest BCUT2D eigenvalue weighted by atomic mass is 19.4. The maximum absolute atomic E-state index is 12.3. The third-order valence-corrected chi connectivity index (χ3v) is 2.32. The van der Waals surface area contributed by atoms with Gasteiger partial charge in [0.1, 0.15) is 0 Å². The molecule has 0 aliphatic carbocycles. The van der Waals surface area contributed by atoms with Crippen molar-refractivity contribution in [1.29, 1.82) is 0 Å². The molecule has 0 saturated heterocycles. The normalized spacial score (nSPS) is 11.8. The van der Waals surface area contributed by atoms with Crippen molar-refractivity contribution in [1.82, 2.24) is 9.78 Å². The topological polar surface area (TPSA) is 38.1 Å². The van der Waals surface area contributed by atoms with Gasteiger partial charge in [-0.25, -0.2) is 4.68 Å². The number of hydrogen-bond donors (Lipinski definition) is 1. The van der Waals surface area contributed by atoms with Gasteiger partial charge in [0.2, 0.25) is 0 Å². The van der Waals surface area contributed by atoms with Gasteiger partial charge in [-0.2, -0.15) is 18.3 Å². The highest BCUT2D eigenvalue weighted by molar-refractivity contribution is 5.36. The fraction of sp³-hybridized carbons (Fsp3) is 0.182. The van der Waals surface area contributed by atoms with Crippen LogP contribution in [-0.4, -0.2) is 14.9 Å². The zero-order valence-electron chi connectivity index (χ0n) is 8.65. The lowest BCUT2D eigenvalue weighted by Crippen LogP contribution is -2.06. The maximum Gasteiger partial charge on any atom is 0.416 e. The molecule has 0 unspecified atom stereocenters. The van der Waals surface area contributed by atoms with E-state index in [1.54, 1.807) is 6.07 Å². The highest BCUT2D eigenvalue weighted by Gasteiger charge is 2.30. The predicted molar refractivity (Wildman–Crippen MR) is 54.5 cm³/mol. The zero-order chi connectivity index (χ0) is 12.5. The summed E-state index contributed by atoms with van der Waals surface area (Å²) < 4.78 is 38.4. The molecule has 0 atom stereocenters. The molecule has 6 heteroatoms. The van der Waals surface area contributed by atoms with Crippen LogP contribution in [0.15, 0.2) is 36.5 Å². The number of rotatable bonds is 2. The van der Waals surface area contributed by atoms with Crippen LogP contribution in [0.1, 0.15) is 11.3 Å². The average Bonchev–Trinajstić information content (AvgIpc) is 2.76. The number of hydrogen-bond acceptors (Lipinski definition) is 2. The molecule has 0 aliphatic rings. The Balaban J connectivity index is 2.36. The SMILES string of the molecule is OCc1ccnn1-c1ccc(C(F)(F)F)cc1. The predicted octanol–water partition coefficient (Wildman–Crippen LogP) is 2.38. The summed E-state index contributed by atoms with van der Waals surface area (Å²) in [5, 5.41) is 12.9. The molecule has 2 aromatic rings. The highest BCUT2D eigenvalue weighted by Crippen LogP contribution is 2.29. The van der Waals surface area contributed by atoms with Gasteiger partial charge in [0.15, 0.2) is 0 Å². The van der Waals surface area contributed by atoms with Crippen molar-refractivity contribution in [2.45, 2.75) is 12.8 Å². The van der Waals surface area contributed by atoms with Crippen LogP contribution in [0.4, 0.5) is 13.2 Å². The fourth-order valence-corrected chi connectivity index (χ4v) is 1.47. The van der Waals surface area contributed by atoms with Gasteiger partial charge >= 0.3 is 6.18 Å². The number of aliphatic hydroxyl groups excluding tert-OH is 1. The van der Waals surface area contributed by atoms with Crippen molar-refractivity contribution in [3.8, 4) is 5.69 Å². The van der Waals surface area contributed by atoms with Crippen LogP contribution in [0.3, 0.4) is 0 Å². The van der Waals surface area contributed by atoms with Crippen molar-refractivity contribution in [3.05, 3.63) is 47.8 Å². The van der Waals surface area contributed by atoms with Gasteiger partial charge in [0.25, 0.3) is 0 Å². The largest absolute Gasteiger partial charge is 0.416 e. The summed E-state index contributed by atoms with van der Waals surface area (Å²) in [6.07, 6.45) is -2.87. The van der Waals surface area contributed by atoms with E-state index >= 15 is 0 Å².